The molecule has 3 unspecified atom stereocenters. The van der Waals surface area contributed by atoms with Crippen molar-refractivity contribution in [2.24, 2.45) is 0 Å². The third kappa shape index (κ3) is 3.85. The Balaban J connectivity index is 1.80. The summed E-state index contributed by atoms with van der Waals surface area (Å²) >= 11 is 0. The van der Waals surface area contributed by atoms with E-state index in [9.17, 15) is 4.79 Å². The minimum Gasteiger partial charge on any atom is -0.396 e. The zero-order chi connectivity index (χ0) is 14.5. The Morgan fingerprint density at radius 3 is 2.55 bits per heavy atom. The lowest BCUT2D eigenvalue weighted by Crippen LogP contribution is -2.57. The van der Waals surface area contributed by atoms with Gasteiger partial charge in [0.2, 0.25) is 0 Å². The highest BCUT2D eigenvalue weighted by molar-refractivity contribution is 5.74. The molecule has 5 heteroatoms. The van der Waals surface area contributed by atoms with Gasteiger partial charge in [-0.1, -0.05) is 13.3 Å². The number of amides is 2. The quantitative estimate of drug-likeness (QED) is 0.716. The zero-order valence-corrected chi connectivity index (χ0v) is 12.8. The topological polar surface area (TPSA) is 64.6 Å². The van der Waals surface area contributed by atoms with Crippen LogP contribution in [0.1, 0.15) is 51.9 Å². The molecular weight excluding hydrogens is 254 g/mol. The molecule has 2 aliphatic rings. The van der Waals surface area contributed by atoms with E-state index in [2.05, 4.69) is 22.6 Å². The Bertz CT molecular complexity index is 310. The van der Waals surface area contributed by atoms with Gasteiger partial charge in [-0.25, -0.2) is 4.79 Å². The van der Waals surface area contributed by atoms with Crippen LogP contribution in [0, 0.1) is 0 Å². The largest absolute Gasteiger partial charge is 0.396 e. The van der Waals surface area contributed by atoms with E-state index in [1.165, 1.54) is 19.3 Å². The Morgan fingerprint density at radius 2 is 2.00 bits per heavy atom. The van der Waals surface area contributed by atoms with Gasteiger partial charge < -0.3 is 20.6 Å². The van der Waals surface area contributed by atoms with E-state index in [-0.39, 0.29) is 18.7 Å². The lowest BCUT2D eigenvalue weighted by atomic mass is 9.82. The molecule has 3 atom stereocenters. The number of rotatable bonds is 5. The summed E-state index contributed by atoms with van der Waals surface area (Å²) in [6.45, 7) is 2.15. The van der Waals surface area contributed by atoms with Gasteiger partial charge in [-0.05, 0) is 45.6 Å². The number of nitrogens with one attached hydrogen (secondary N) is 2. The van der Waals surface area contributed by atoms with Crippen LogP contribution in [0.15, 0.2) is 0 Å². The monoisotopic (exact) mass is 283 g/mol. The average molecular weight is 283 g/mol. The maximum atomic E-state index is 12.0. The molecule has 0 aliphatic carbocycles. The molecule has 0 aromatic carbocycles. The third-order valence-electron chi connectivity index (χ3n) is 4.98. The normalized spacial score (nSPS) is 31.6. The molecule has 3 N–H and O–H groups in total. The third-order valence-corrected chi connectivity index (χ3v) is 4.98. The fourth-order valence-corrected chi connectivity index (χ4v) is 3.68. The van der Waals surface area contributed by atoms with Gasteiger partial charge in [-0.15, -0.1) is 0 Å². The maximum Gasteiger partial charge on any atom is 0.315 e. The van der Waals surface area contributed by atoms with Crippen molar-refractivity contribution in [3.8, 4) is 0 Å². The number of aliphatic hydroxyl groups is 1. The van der Waals surface area contributed by atoms with Crippen LogP contribution in [0.25, 0.3) is 0 Å². The second kappa shape index (κ2) is 7.27. The summed E-state index contributed by atoms with van der Waals surface area (Å²) < 4.78 is 0. The Morgan fingerprint density at radius 1 is 1.35 bits per heavy atom. The van der Waals surface area contributed by atoms with E-state index in [0.29, 0.717) is 24.5 Å². The Kier molecular flexibility index (Phi) is 5.66. The van der Waals surface area contributed by atoms with Gasteiger partial charge in [0.15, 0.2) is 0 Å². The van der Waals surface area contributed by atoms with E-state index in [1.54, 1.807) is 0 Å². The van der Waals surface area contributed by atoms with Crippen molar-refractivity contribution in [2.75, 3.05) is 13.7 Å². The molecule has 0 saturated carbocycles. The predicted octanol–water partition coefficient (Wildman–Crippen LogP) is 1.46. The van der Waals surface area contributed by atoms with Crippen molar-refractivity contribution in [3.63, 3.8) is 0 Å². The molecule has 116 valence electrons. The van der Waals surface area contributed by atoms with Crippen LogP contribution in [0.2, 0.25) is 0 Å². The lowest BCUT2D eigenvalue weighted by Gasteiger charge is -2.47. The molecule has 2 saturated heterocycles. The number of piperidine rings is 2. The molecule has 0 radical (unpaired) electrons. The minimum atomic E-state index is -0.0714. The van der Waals surface area contributed by atoms with Crippen LogP contribution in [0.5, 0.6) is 0 Å². The van der Waals surface area contributed by atoms with Gasteiger partial charge in [-0.2, -0.15) is 0 Å². The van der Waals surface area contributed by atoms with Crippen LogP contribution < -0.4 is 10.6 Å². The summed E-state index contributed by atoms with van der Waals surface area (Å²) in [6.07, 6.45) is 7.46. The van der Waals surface area contributed by atoms with Gasteiger partial charge in [0, 0.05) is 30.8 Å². The van der Waals surface area contributed by atoms with Crippen LogP contribution >= 0.6 is 0 Å². The van der Waals surface area contributed by atoms with Gasteiger partial charge in [0.1, 0.15) is 0 Å². The highest BCUT2D eigenvalue weighted by Gasteiger charge is 2.36. The molecule has 2 aliphatic heterocycles. The molecular formula is C15H29N3O2. The SMILES string of the molecule is CCC(CCO)NC(=O)NC1CC2CCCC(C1)N2C. The highest BCUT2D eigenvalue weighted by Crippen LogP contribution is 2.32. The molecule has 2 amide bonds. The second-order valence-corrected chi connectivity index (χ2v) is 6.31. The fourth-order valence-electron chi connectivity index (χ4n) is 3.68. The molecule has 20 heavy (non-hydrogen) atoms. The predicted molar refractivity (Wildman–Crippen MR) is 79.7 cm³/mol. The first-order valence-electron chi connectivity index (χ1n) is 8.03. The molecule has 0 aromatic rings. The van der Waals surface area contributed by atoms with E-state index >= 15 is 0 Å². The van der Waals surface area contributed by atoms with Gasteiger partial charge in [0.05, 0.1) is 0 Å². The summed E-state index contributed by atoms with van der Waals surface area (Å²) in [4.78, 5) is 14.5. The zero-order valence-electron chi connectivity index (χ0n) is 12.8. The standard InChI is InChI=1S/C15H29N3O2/c1-3-11(7-8-19)16-15(20)17-12-9-13-5-4-6-14(10-12)18(13)2/h11-14,19H,3-10H2,1-2H3,(H2,16,17,20). The smallest absolute Gasteiger partial charge is 0.315 e. The maximum absolute atomic E-state index is 12.0. The summed E-state index contributed by atoms with van der Waals surface area (Å²) in [5.74, 6) is 0. The molecule has 2 heterocycles. The van der Waals surface area contributed by atoms with Gasteiger partial charge in [0.25, 0.3) is 0 Å². The molecule has 2 fully saturated rings. The first kappa shape index (κ1) is 15.6. The van der Waals surface area contributed by atoms with Crippen LogP contribution in [-0.4, -0.2) is 53.9 Å². The molecule has 0 aromatic heterocycles. The summed E-state index contributed by atoms with van der Waals surface area (Å²) in [5.41, 5.74) is 0. The van der Waals surface area contributed by atoms with Gasteiger partial charge in [-0.3, -0.25) is 0 Å². The van der Waals surface area contributed by atoms with Crippen molar-refractivity contribution >= 4 is 6.03 Å². The molecule has 0 spiro atoms. The highest BCUT2D eigenvalue weighted by atomic mass is 16.3. The lowest BCUT2D eigenvalue weighted by molar-refractivity contribution is 0.0507. The van der Waals surface area contributed by atoms with E-state index in [4.69, 9.17) is 5.11 Å². The number of fused-ring (bicyclic) bond motifs is 2. The van der Waals surface area contributed by atoms with E-state index in [0.717, 1.165) is 19.3 Å². The molecule has 5 nitrogen and oxygen atoms in total. The Labute approximate surface area is 122 Å². The molecule has 2 bridgehead atoms. The fraction of sp³-hybridized carbons (Fsp3) is 0.933. The number of hydrogen-bond acceptors (Lipinski definition) is 3. The number of aliphatic hydroxyl groups excluding tert-OH is 1. The number of carbonyl (C=O) groups is 1. The van der Waals surface area contributed by atoms with Gasteiger partial charge >= 0.3 is 6.03 Å². The number of urea groups is 1. The van der Waals surface area contributed by atoms with E-state index < -0.39 is 0 Å². The first-order chi connectivity index (χ1) is 9.63. The van der Waals surface area contributed by atoms with Crippen LogP contribution in [0.4, 0.5) is 4.79 Å². The van der Waals surface area contributed by atoms with Crippen molar-refractivity contribution in [1.29, 1.82) is 0 Å². The number of hydrogen-bond donors (Lipinski definition) is 3. The first-order valence-corrected chi connectivity index (χ1v) is 8.03. The van der Waals surface area contributed by atoms with Crippen molar-refractivity contribution < 1.29 is 9.90 Å². The minimum absolute atomic E-state index is 0.0714. The second-order valence-electron chi connectivity index (χ2n) is 6.31. The average Bonchev–Trinajstić information content (AvgIpc) is 2.39. The summed E-state index contributed by atoms with van der Waals surface area (Å²) in [7, 11) is 2.22. The van der Waals surface area contributed by atoms with Crippen LogP contribution in [-0.2, 0) is 0 Å². The number of nitrogens with zero attached hydrogens (tertiary/aromatic N) is 1. The van der Waals surface area contributed by atoms with Crippen molar-refractivity contribution in [2.45, 2.75) is 76.0 Å². The summed E-state index contributed by atoms with van der Waals surface area (Å²) in [6, 6.07) is 1.57. The Hall–Kier alpha value is -0.810. The summed E-state index contributed by atoms with van der Waals surface area (Å²) in [5, 5.41) is 15.1. The molecule has 2 rings (SSSR count). The van der Waals surface area contributed by atoms with Crippen LogP contribution in [0.3, 0.4) is 0 Å². The van der Waals surface area contributed by atoms with E-state index in [1.807, 2.05) is 6.92 Å². The number of carbonyl (C=O) groups excluding carboxylic acids is 1. The van der Waals surface area contributed by atoms with Crippen molar-refractivity contribution in [1.82, 2.24) is 15.5 Å². The van der Waals surface area contributed by atoms with Crippen molar-refractivity contribution in [3.05, 3.63) is 0 Å².